The first kappa shape index (κ1) is 14.0. The van der Waals surface area contributed by atoms with Gasteiger partial charge in [0.2, 0.25) is 0 Å². The molecule has 0 fully saturated rings. The molecule has 5 heteroatoms. The van der Waals surface area contributed by atoms with Crippen LogP contribution in [0.5, 0.6) is 5.75 Å². The minimum atomic E-state index is 0.265. The van der Waals surface area contributed by atoms with Crippen molar-refractivity contribution in [2.75, 3.05) is 0 Å². The van der Waals surface area contributed by atoms with Crippen LogP contribution in [0, 0.1) is 0 Å². The van der Waals surface area contributed by atoms with Crippen LogP contribution in [0.1, 0.15) is 5.56 Å². The molecule has 0 unspecified atom stereocenters. The molecule has 0 saturated carbocycles. The Labute approximate surface area is 132 Å². The maximum Gasteiger partial charge on any atom is 0.140 e. The number of rotatable bonds is 3. The van der Waals surface area contributed by atoms with Gasteiger partial charge in [0.25, 0.3) is 0 Å². The highest BCUT2D eigenvalue weighted by atomic mass is 35.5. The predicted octanol–water partition coefficient (Wildman–Crippen LogP) is 4.61. The molecule has 21 heavy (non-hydrogen) atoms. The fraction of sp³-hybridized carbons (Fsp3) is 0.0625. The molecule has 0 saturated heterocycles. The van der Waals surface area contributed by atoms with E-state index in [1.54, 1.807) is 24.4 Å². The summed E-state index contributed by atoms with van der Waals surface area (Å²) in [5.74, 6) is 1.02. The SMILES string of the molecule is Oc1ccccc1Cn1ccnc1-c1cc(Cl)cc(Cl)c1. The lowest BCUT2D eigenvalue weighted by molar-refractivity contribution is 0.466. The molecule has 2 aromatic carbocycles. The van der Waals surface area contributed by atoms with E-state index >= 15 is 0 Å². The van der Waals surface area contributed by atoms with Gasteiger partial charge in [-0.05, 0) is 24.3 Å². The van der Waals surface area contributed by atoms with Crippen molar-refractivity contribution in [2.45, 2.75) is 6.54 Å². The Kier molecular flexibility index (Phi) is 3.86. The molecule has 106 valence electrons. The minimum Gasteiger partial charge on any atom is -0.508 e. The molecule has 0 amide bonds. The van der Waals surface area contributed by atoms with Crippen LogP contribution in [0.15, 0.2) is 54.9 Å². The van der Waals surface area contributed by atoms with Crippen molar-refractivity contribution in [1.29, 1.82) is 0 Å². The second-order valence-electron chi connectivity index (χ2n) is 4.67. The zero-order chi connectivity index (χ0) is 14.8. The molecular weight excluding hydrogens is 307 g/mol. The third-order valence-electron chi connectivity index (χ3n) is 3.17. The average Bonchev–Trinajstić information content (AvgIpc) is 2.88. The summed E-state index contributed by atoms with van der Waals surface area (Å²) in [5, 5.41) is 11.0. The summed E-state index contributed by atoms with van der Waals surface area (Å²) < 4.78 is 1.94. The van der Waals surface area contributed by atoms with Crippen LogP contribution >= 0.6 is 23.2 Å². The molecule has 0 aliphatic heterocycles. The Balaban J connectivity index is 1.99. The van der Waals surface area contributed by atoms with E-state index < -0.39 is 0 Å². The topological polar surface area (TPSA) is 38.0 Å². The first-order valence-corrected chi connectivity index (χ1v) is 7.13. The third-order valence-corrected chi connectivity index (χ3v) is 3.60. The van der Waals surface area contributed by atoms with E-state index in [-0.39, 0.29) is 5.75 Å². The molecule has 0 bridgehead atoms. The second kappa shape index (κ2) is 5.80. The van der Waals surface area contributed by atoms with E-state index in [2.05, 4.69) is 4.98 Å². The van der Waals surface area contributed by atoms with E-state index in [1.807, 2.05) is 35.0 Å². The van der Waals surface area contributed by atoms with Crippen LogP contribution in [0.4, 0.5) is 0 Å². The average molecular weight is 319 g/mol. The first-order chi connectivity index (χ1) is 10.1. The number of aromatic hydroxyl groups is 1. The summed E-state index contributed by atoms with van der Waals surface area (Å²) in [7, 11) is 0. The molecule has 3 rings (SSSR count). The van der Waals surface area contributed by atoms with Crippen molar-refractivity contribution in [3.05, 3.63) is 70.5 Å². The molecule has 0 atom stereocenters. The Morgan fingerprint density at radius 3 is 2.48 bits per heavy atom. The number of hydrogen-bond acceptors (Lipinski definition) is 2. The van der Waals surface area contributed by atoms with Gasteiger partial charge in [-0.2, -0.15) is 0 Å². The maximum absolute atomic E-state index is 9.88. The fourth-order valence-corrected chi connectivity index (χ4v) is 2.73. The number of phenolic OH excluding ortho intramolecular Hbond substituents is 1. The van der Waals surface area contributed by atoms with Crippen LogP contribution in [0.25, 0.3) is 11.4 Å². The molecule has 3 nitrogen and oxygen atoms in total. The summed E-state index contributed by atoms with van der Waals surface area (Å²) in [6.45, 7) is 0.520. The van der Waals surface area contributed by atoms with Gasteiger partial charge in [-0.1, -0.05) is 41.4 Å². The minimum absolute atomic E-state index is 0.265. The number of benzene rings is 2. The van der Waals surface area contributed by atoms with Gasteiger partial charge in [0.15, 0.2) is 0 Å². The largest absolute Gasteiger partial charge is 0.508 e. The molecule has 0 aliphatic rings. The zero-order valence-electron chi connectivity index (χ0n) is 11.0. The second-order valence-corrected chi connectivity index (χ2v) is 5.54. The van der Waals surface area contributed by atoms with Gasteiger partial charge < -0.3 is 9.67 Å². The maximum atomic E-state index is 9.88. The number of para-hydroxylation sites is 1. The van der Waals surface area contributed by atoms with E-state index in [4.69, 9.17) is 23.2 Å². The van der Waals surface area contributed by atoms with Gasteiger partial charge in [0, 0.05) is 33.6 Å². The normalized spacial score (nSPS) is 10.8. The number of halogens is 2. The monoisotopic (exact) mass is 318 g/mol. The lowest BCUT2D eigenvalue weighted by Crippen LogP contribution is -2.01. The molecule has 0 radical (unpaired) electrons. The van der Waals surface area contributed by atoms with Gasteiger partial charge in [-0.3, -0.25) is 0 Å². The molecule has 3 aromatic rings. The highest BCUT2D eigenvalue weighted by molar-refractivity contribution is 6.35. The van der Waals surface area contributed by atoms with Crippen molar-refractivity contribution < 1.29 is 5.11 Å². The third kappa shape index (κ3) is 3.04. The van der Waals surface area contributed by atoms with Crippen LogP contribution in [0.3, 0.4) is 0 Å². The smallest absolute Gasteiger partial charge is 0.140 e. The quantitative estimate of drug-likeness (QED) is 0.765. The van der Waals surface area contributed by atoms with Crippen LogP contribution in [-0.4, -0.2) is 14.7 Å². The Morgan fingerprint density at radius 2 is 1.76 bits per heavy atom. The van der Waals surface area contributed by atoms with Crippen LogP contribution in [0.2, 0.25) is 10.0 Å². The van der Waals surface area contributed by atoms with Gasteiger partial charge in [0.1, 0.15) is 11.6 Å². The van der Waals surface area contributed by atoms with E-state index in [0.29, 0.717) is 16.6 Å². The van der Waals surface area contributed by atoms with Gasteiger partial charge >= 0.3 is 0 Å². The molecule has 1 aromatic heterocycles. The summed E-state index contributed by atoms with van der Waals surface area (Å²) in [6, 6.07) is 12.6. The van der Waals surface area contributed by atoms with Gasteiger partial charge in [-0.15, -0.1) is 0 Å². The Hall–Kier alpha value is -1.97. The highest BCUT2D eigenvalue weighted by Crippen LogP contribution is 2.27. The zero-order valence-corrected chi connectivity index (χ0v) is 12.5. The van der Waals surface area contributed by atoms with E-state index in [0.717, 1.165) is 17.0 Å². The Bertz CT molecular complexity index is 763. The highest BCUT2D eigenvalue weighted by Gasteiger charge is 2.10. The van der Waals surface area contributed by atoms with Crippen LogP contribution in [-0.2, 0) is 6.54 Å². The van der Waals surface area contributed by atoms with Crippen molar-refractivity contribution >= 4 is 23.2 Å². The molecular formula is C16H12Cl2N2O. The van der Waals surface area contributed by atoms with Crippen molar-refractivity contribution in [3.63, 3.8) is 0 Å². The van der Waals surface area contributed by atoms with Gasteiger partial charge in [-0.25, -0.2) is 4.98 Å². The lowest BCUT2D eigenvalue weighted by atomic mass is 10.2. The standard InChI is InChI=1S/C16H12Cl2N2O/c17-13-7-12(8-14(18)9-13)16-19-5-6-20(16)10-11-3-1-2-4-15(11)21/h1-9,21H,10H2. The van der Waals surface area contributed by atoms with E-state index in [9.17, 15) is 5.11 Å². The van der Waals surface area contributed by atoms with Gasteiger partial charge in [0.05, 0.1) is 6.54 Å². The van der Waals surface area contributed by atoms with Crippen LogP contribution < -0.4 is 0 Å². The number of aromatic nitrogens is 2. The van der Waals surface area contributed by atoms with Crippen molar-refractivity contribution in [2.24, 2.45) is 0 Å². The summed E-state index contributed by atoms with van der Waals surface area (Å²) in [6.07, 6.45) is 3.57. The van der Waals surface area contributed by atoms with Crippen molar-refractivity contribution in [1.82, 2.24) is 9.55 Å². The van der Waals surface area contributed by atoms with Crippen molar-refractivity contribution in [3.8, 4) is 17.1 Å². The number of phenols is 1. The van der Waals surface area contributed by atoms with E-state index in [1.165, 1.54) is 0 Å². The molecule has 0 spiro atoms. The fourth-order valence-electron chi connectivity index (χ4n) is 2.21. The molecule has 0 aliphatic carbocycles. The number of hydrogen-bond donors (Lipinski definition) is 1. The Morgan fingerprint density at radius 1 is 1.05 bits per heavy atom. The molecule has 1 N–H and O–H groups in total. The summed E-state index contributed by atoms with van der Waals surface area (Å²) in [4.78, 5) is 4.36. The first-order valence-electron chi connectivity index (χ1n) is 6.38. The lowest BCUT2D eigenvalue weighted by Gasteiger charge is -2.10. The summed E-state index contributed by atoms with van der Waals surface area (Å²) >= 11 is 12.1. The predicted molar refractivity (Wildman–Crippen MR) is 84.9 cm³/mol. The molecule has 1 heterocycles. The number of nitrogens with zero attached hydrogens (tertiary/aromatic N) is 2. The summed E-state index contributed by atoms with van der Waals surface area (Å²) in [5.41, 5.74) is 1.66. The number of imidazole rings is 1.